The van der Waals surface area contributed by atoms with Gasteiger partial charge in [0.05, 0.1) is 43.0 Å². The van der Waals surface area contributed by atoms with Crippen LogP contribution in [0.25, 0.3) is 0 Å². The van der Waals surface area contributed by atoms with Crippen molar-refractivity contribution in [3.63, 3.8) is 0 Å². The number of carbonyl (C=O) groups excluding carboxylic acids is 1. The fourth-order valence-corrected chi connectivity index (χ4v) is 5.55. The van der Waals surface area contributed by atoms with Crippen molar-refractivity contribution in [2.45, 2.75) is 84.2 Å². The maximum Gasteiger partial charge on any atom is 0.229 e. The predicted octanol–water partition coefficient (Wildman–Crippen LogP) is 2.70. The maximum absolute atomic E-state index is 12.8. The third-order valence-electron chi connectivity index (χ3n) is 7.04. The Bertz CT molecular complexity index is 604. The van der Waals surface area contributed by atoms with Crippen LogP contribution in [0.2, 0.25) is 0 Å². The molecule has 5 rings (SSSR count). The Morgan fingerprint density at radius 1 is 0.931 bits per heavy atom. The van der Waals surface area contributed by atoms with Crippen molar-refractivity contribution in [3.05, 3.63) is 0 Å². The van der Waals surface area contributed by atoms with Gasteiger partial charge in [0.2, 0.25) is 5.91 Å². The molecular weight excluding hydrogens is 368 g/mol. The number of hydrogen-bond acceptors (Lipinski definition) is 5. The van der Waals surface area contributed by atoms with Gasteiger partial charge in [-0.05, 0) is 66.2 Å². The molecule has 29 heavy (non-hydrogen) atoms. The second kappa shape index (κ2) is 7.18. The highest BCUT2D eigenvalue weighted by molar-refractivity contribution is 5.87. The average Bonchev–Trinajstić information content (AvgIpc) is 2.41. The monoisotopic (exact) mass is 408 g/mol. The van der Waals surface area contributed by atoms with Gasteiger partial charge >= 0.3 is 0 Å². The summed E-state index contributed by atoms with van der Waals surface area (Å²) in [6, 6.07) is 0. The lowest BCUT2D eigenvalue weighted by Gasteiger charge is -2.70. The minimum atomic E-state index is -0.133. The Balaban J connectivity index is 1.06. The lowest BCUT2D eigenvalue weighted by atomic mass is 9.35. The van der Waals surface area contributed by atoms with Gasteiger partial charge in [0.25, 0.3) is 0 Å². The molecule has 2 bridgehead atoms. The molecule has 1 amide bonds. The second-order valence-corrected chi connectivity index (χ2v) is 12.0. The van der Waals surface area contributed by atoms with Crippen LogP contribution in [0.5, 0.6) is 0 Å². The Hall–Kier alpha value is -0.690. The third-order valence-corrected chi connectivity index (χ3v) is 7.04. The van der Waals surface area contributed by atoms with E-state index in [1.807, 2.05) is 4.90 Å². The van der Waals surface area contributed by atoms with Crippen molar-refractivity contribution in [3.8, 4) is 0 Å². The van der Waals surface area contributed by atoms with E-state index < -0.39 is 0 Å². The second-order valence-electron chi connectivity index (χ2n) is 12.0. The zero-order valence-electron chi connectivity index (χ0n) is 19.3. The number of likely N-dealkylation sites (tertiary alicyclic amines) is 2. The van der Waals surface area contributed by atoms with E-state index in [-0.39, 0.29) is 28.1 Å². The summed E-state index contributed by atoms with van der Waals surface area (Å²) < 4.78 is 17.8. The first-order valence-corrected chi connectivity index (χ1v) is 11.3. The SMILES string of the molecule is CC(C)(C)OC1CN(C(=O)C23CC(COCCOC4CN(C(C)(C)C)C4)(C2)C3)C1. The lowest BCUT2D eigenvalue weighted by Crippen LogP contribution is -2.72. The third kappa shape index (κ3) is 4.36. The van der Waals surface area contributed by atoms with Crippen LogP contribution in [0.4, 0.5) is 0 Å². The normalized spacial score (nSPS) is 33.0. The number of nitrogens with zero attached hydrogens (tertiary/aromatic N) is 2. The van der Waals surface area contributed by atoms with Crippen LogP contribution in [-0.4, -0.2) is 85.1 Å². The van der Waals surface area contributed by atoms with Crippen LogP contribution in [0.15, 0.2) is 0 Å². The van der Waals surface area contributed by atoms with Crippen molar-refractivity contribution < 1.29 is 19.0 Å². The summed E-state index contributed by atoms with van der Waals surface area (Å²) >= 11 is 0. The minimum absolute atomic E-state index is 0.0745. The quantitative estimate of drug-likeness (QED) is 0.578. The zero-order chi connectivity index (χ0) is 21.1. The van der Waals surface area contributed by atoms with Gasteiger partial charge in [-0.15, -0.1) is 0 Å². The van der Waals surface area contributed by atoms with Crippen molar-refractivity contribution in [1.29, 1.82) is 0 Å². The van der Waals surface area contributed by atoms with Crippen molar-refractivity contribution in [1.82, 2.24) is 9.80 Å². The first kappa shape index (κ1) is 21.5. The van der Waals surface area contributed by atoms with E-state index in [2.05, 4.69) is 46.4 Å². The van der Waals surface area contributed by atoms with E-state index in [0.717, 1.165) is 52.0 Å². The van der Waals surface area contributed by atoms with Crippen LogP contribution < -0.4 is 0 Å². The van der Waals surface area contributed by atoms with Gasteiger partial charge in [0, 0.05) is 31.7 Å². The van der Waals surface area contributed by atoms with Crippen LogP contribution in [0, 0.1) is 10.8 Å². The molecule has 166 valence electrons. The van der Waals surface area contributed by atoms with Gasteiger partial charge in [-0.25, -0.2) is 0 Å². The molecule has 0 N–H and O–H groups in total. The Morgan fingerprint density at radius 2 is 1.55 bits per heavy atom. The smallest absolute Gasteiger partial charge is 0.229 e. The highest BCUT2D eigenvalue weighted by atomic mass is 16.5. The fraction of sp³-hybridized carbons (Fsp3) is 0.957. The van der Waals surface area contributed by atoms with Gasteiger partial charge in [0.15, 0.2) is 0 Å². The van der Waals surface area contributed by atoms with E-state index in [9.17, 15) is 4.79 Å². The average molecular weight is 409 g/mol. The molecule has 0 spiro atoms. The number of rotatable bonds is 8. The fourth-order valence-electron chi connectivity index (χ4n) is 5.55. The van der Waals surface area contributed by atoms with Crippen molar-refractivity contribution >= 4 is 5.91 Å². The molecule has 0 atom stereocenters. The van der Waals surface area contributed by atoms with Crippen LogP contribution >= 0.6 is 0 Å². The van der Waals surface area contributed by atoms with Crippen LogP contribution in [-0.2, 0) is 19.0 Å². The summed E-state index contributed by atoms with van der Waals surface area (Å²) in [6.07, 6.45) is 3.57. The van der Waals surface area contributed by atoms with E-state index in [1.54, 1.807) is 0 Å². The molecule has 0 aromatic carbocycles. The molecule has 6 heteroatoms. The largest absolute Gasteiger partial charge is 0.378 e. The summed E-state index contributed by atoms with van der Waals surface area (Å²) in [5.41, 5.74) is 0.298. The molecule has 0 aromatic rings. The van der Waals surface area contributed by atoms with E-state index in [4.69, 9.17) is 14.2 Å². The Kier molecular flexibility index (Phi) is 5.33. The summed E-state index contributed by atoms with van der Waals surface area (Å²) in [5, 5.41) is 0. The highest BCUT2D eigenvalue weighted by Crippen LogP contribution is 2.74. The summed E-state index contributed by atoms with van der Waals surface area (Å²) in [4.78, 5) is 17.2. The highest BCUT2D eigenvalue weighted by Gasteiger charge is 2.72. The molecule has 2 heterocycles. The van der Waals surface area contributed by atoms with E-state index in [0.29, 0.717) is 25.2 Å². The number of carbonyl (C=O) groups is 1. The molecule has 0 unspecified atom stereocenters. The molecule has 5 aliphatic rings. The molecule has 2 aliphatic heterocycles. The molecule has 5 fully saturated rings. The molecular formula is C23H40N2O4. The van der Waals surface area contributed by atoms with Crippen molar-refractivity contribution in [2.75, 3.05) is 46.0 Å². The topological polar surface area (TPSA) is 51.2 Å². The van der Waals surface area contributed by atoms with Gasteiger partial charge in [0.1, 0.15) is 0 Å². The molecule has 3 aliphatic carbocycles. The van der Waals surface area contributed by atoms with Gasteiger partial charge in [-0.2, -0.15) is 0 Å². The first-order chi connectivity index (χ1) is 13.4. The Labute approximate surface area is 176 Å². The lowest BCUT2D eigenvalue weighted by molar-refractivity contribution is -0.242. The van der Waals surface area contributed by atoms with Crippen LogP contribution in [0.3, 0.4) is 0 Å². The van der Waals surface area contributed by atoms with Crippen LogP contribution in [0.1, 0.15) is 60.8 Å². The molecule has 3 saturated carbocycles. The number of hydrogen-bond donors (Lipinski definition) is 0. The minimum Gasteiger partial charge on any atom is -0.378 e. The molecule has 6 nitrogen and oxygen atoms in total. The standard InChI is InChI=1S/C23H40N2O4/c1-20(2,3)25-11-17(12-25)28-8-7-27-16-22-13-23(14-22,15-22)19(26)24-9-18(10-24)29-21(4,5)6/h17-18H,7-16H2,1-6H3. The van der Waals surface area contributed by atoms with Crippen molar-refractivity contribution in [2.24, 2.45) is 10.8 Å². The summed E-state index contributed by atoms with van der Waals surface area (Å²) in [5.74, 6) is 0.352. The summed E-state index contributed by atoms with van der Waals surface area (Å²) in [6.45, 7) is 18.6. The molecule has 0 radical (unpaired) electrons. The van der Waals surface area contributed by atoms with E-state index >= 15 is 0 Å². The molecule has 0 aromatic heterocycles. The first-order valence-electron chi connectivity index (χ1n) is 11.3. The van der Waals surface area contributed by atoms with Gasteiger partial charge in [-0.3, -0.25) is 9.69 Å². The summed E-state index contributed by atoms with van der Waals surface area (Å²) in [7, 11) is 0. The zero-order valence-corrected chi connectivity index (χ0v) is 19.3. The van der Waals surface area contributed by atoms with E-state index in [1.165, 1.54) is 0 Å². The molecule has 2 saturated heterocycles. The maximum atomic E-state index is 12.8. The predicted molar refractivity (Wildman–Crippen MR) is 112 cm³/mol. The van der Waals surface area contributed by atoms with Gasteiger partial charge < -0.3 is 19.1 Å². The van der Waals surface area contributed by atoms with Gasteiger partial charge in [-0.1, -0.05) is 0 Å². The number of ether oxygens (including phenoxy) is 3. The number of amides is 1. The Morgan fingerprint density at radius 3 is 2.10 bits per heavy atom.